The number of hydrogen-bond donors (Lipinski definition) is 1. The Bertz CT molecular complexity index is 721. The van der Waals surface area contributed by atoms with Crippen LogP contribution in [0.2, 0.25) is 0 Å². The highest BCUT2D eigenvalue weighted by molar-refractivity contribution is 5.90. The van der Waals surface area contributed by atoms with E-state index in [1.807, 2.05) is 30.7 Å². The number of nitrogens with one attached hydrogen (secondary N) is 1. The van der Waals surface area contributed by atoms with E-state index in [1.54, 1.807) is 6.26 Å². The van der Waals surface area contributed by atoms with Gasteiger partial charge >= 0.3 is 0 Å². The fourth-order valence-electron chi connectivity index (χ4n) is 3.89. The molecule has 4 heterocycles. The van der Waals surface area contributed by atoms with Crippen LogP contribution in [0, 0.1) is 11.8 Å². The van der Waals surface area contributed by atoms with Crippen LogP contribution in [-0.2, 0) is 19.5 Å². The van der Waals surface area contributed by atoms with Crippen molar-refractivity contribution in [3.05, 3.63) is 35.8 Å². The second kappa shape index (κ2) is 6.05. The van der Waals surface area contributed by atoms with E-state index in [-0.39, 0.29) is 11.9 Å². The molecule has 0 aromatic carbocycles. The van der Waals surface area contributed by atoms with Crippen LogP contribution >= 0.6 is 0 Å². The Hall–Kier alpha value is -2.15. The van der Waals surface area contributed by atoms with E-state index >= 15 is 0 Å². The second-order valence-corrected chi connectivity index (χ2v) is 7.23. The van der Waals surface area contributed by atoms with Gasteiger partial charge in [0, 0.05) is 44.2 Å². The zero-order valence-corrected chi connectivity index (χ0v) is 14.1. The van der Waals surface area contributed by atoms with E-state index in [4.69, 9.17) is 4.42 Å². The minimum Gasteiger partial charge on any atom is -0.472 e. The Morgan fingerprint density at radius 1 is 1.33 bits per heavy atom. The number of nitrogens with zero attached hydrogens (tertiary/aromatic N) is 4. The molecule has 2 atom stereocenters. The van der Waals surface area contributed by atoms with Gasteiger partial charge in [-0.1, -0.05) is 0 Å². The maximum Gasteiger partial charge on any atom is 0.289 e. The third-order valence-electron chi connectivity index (χ3n) is 4.95. The first kappa shape index (κ1) is 15.4. The maximum absolute atomic E-state index is 12.3. The lowest BCUT2D eigenvalue weighted by atomic mass is 9.89. The van der Waals surface area contributed by atoms with E-state index in [1.165, 1.54) is 5.56 Å². The zero-order valence-electron chi connectivity index (χ0n) is 14.1. The van der Waals surface area contributed by atoms with Crippen molar-refractivity contribution in [3.63, 3.8) is 0 Å². The number of likely N-dealkylation sites (tertiary alicyclic amines) is 1. The van der Waals surface area contributed by atoms with Crippen molar-refractivity contribution >= 4 is 5.91 Å². The van der Waals surface area contributed by atoms with Gasteiger partial charge in [0.25, 0.3) is 5.91 Å². The molecule has 7 heteroatoms. The van der Waals surface area contributed by atoms with Gasteiger partial charge < -0.3 is 14.3 Å². The van der Waals surface area contributed by atoms with Crippen LogP contribution < -0.4 is 5.32 Å². The monoisotopic (exact) mass is 329 g/mol. The maximum atomic E-state index is 12.3. The van der Waals surface area contributed by atoms with Gasteiger partial charge in [0.2, 0.25) is 5.82 Å². The second-order valence-electron chi connectivity index (χ2n) is 7.23. The van der Waals surface area contributed by atoms with Crippen molar-refractivity contribution in [2.75, 3.05) is 13.1 Å². The van der Waals surface area contributed by atoms with Gasteiger partial charge in [0.1, 0.15) is 5.82 Å². The summed E-state index contributed by atoms with van der Waals surface area (Å²) in [5.41, 5.74) is 1.21. The molecule has 1 fully saturated rings. The largest absolute Gasteiger partial charge is 0.472 e. The van der Waals surface area contributed by atoms with Crippen LogP contribution in [-0.4, -0.2) is 44.7 Å². The number of aromatic nitrogens is 3. The lowest BCUT2D eigenvalue weighted by Crippen LogP contribution is -2.35. The van der Waals surface area contributed by atoms with E-state index < -0.39 is 0 Å². The predicted molar refractivity (Wildman–Crippen MR) is 87.3 cm³/mol. The predicted octanol–water partition coefficient (Wildman–Crippen LogP) is 1.31. The molecule has 2 aromatic rings. The van der Waals surface area contributed by atoms with Gasteiger partial charge in [-0.2, -0.15) is 0 Å². The van der Waals surface area contributed by atoms with Crippen molar-refractivity contribution in [1.29, 1.82) is 0 Å². The quantitative estimate of drug-likeness (QED) is 0.915. The fourth-order valence-corrected chi connectivity index (χ4v) is 3.89. The molecular formula is C17H23N5O2. The molecule has 1 saturated heterocycles. The normalized spacial score (nSPS) is 23.3. The van der Waals surface area contributed by atoms with E-state index in [0.29, 0.717) is 17.7 Å². The molecule has 0 radical (unpaired) electrons. The van der Waals surface area contributed by atoms with Crippen molar-refractivity contribution in [2.45, 2.75) is 39.4 Å². The molecule has 7 nitrogen and oxygen atoms in total. The summed E-state index contributed by atoms with van der Waals surface area (Å²) < 4.78 is 7.18. The highest BCUT2D eigenvalue weighted by atomic mass is 16.3. The Balaban J connectivity index is 1.46. The summed E-state index contributed by atoms with van der Waals surface area (Å²) in [4.78, 5) is 14.8. The van der Waals surface area contributed by atoms with Crippen molar-refractivity contribution in [1.82, 2.24) is 25.0 Å². The number of fused-ring (bicyclic) bond motifs is 2. The topological polar surface area (TPSA) is 76.2 Å². The van der Waals surface area contributed by atoms with Crippen LogP contribution in [0.1, 0.15) is 35.9 Å². The zero-order chi connectivity index (χ0) is 16.7. The van der Waals surface area contributed by atoms with Crippen LogP contribution in [0.4, 0.5) is 0 Å². The molecule has 0 saturated carbocycles. The summed E-state index contributed by atoms with van der Waals surface area (Å²) in [6.45, 7) is 7.76. The molecule has 2 aliphatic heterocycles. The fraction of sp³-hybridized carbons (Fsp3) is 0.588. The molecule has 0 unspecified atom stereocenters. The molecule has 4 rings (SSSR count). The molecule has 0 bridgehead atoms. The Labute approximate surface area is 141 Å². The van der Waals surface area contributed by atoms with Crippen molar-refractivity contribution in [3.8, 4) is 0 Å². The molecule has 128 valence electrons. The minimum atomic E-state index is -0.129. The number of amides is 1. The first-order chi connectivity index (χ1) is 11.6. The smallest absolute Gasteiger partial charge is 0.289 e. The van der Waals surface area contributed by atoms with Gasteiger partial charge in [-0.05, 0) is 31.7 Å². The van der Waals surface area contributed by atoms with Gasteiger partial charge in [-0.15, -0.1) is 10.2 Å². The average Bonchev–Trinajstić information content (AvgIpc) is 3.22. The number of carbonyl (C=O) groups excluding carboxylic acids is 1. The summed E-state index contributed by atoms with van der Waals surface area (Å²) in [6, 6.07) is 2.12. The van der Waals surface area contributed by atoms with Crippen LogP contribution in [0.15, 0.2) is 23.0 Å². The molecular weight excluding hydrogens is 306 g/mol. The lowest BCUT2D eigenvalue weighted by Gasteiger charge is -2.25. The first-order valence-corrected chi connectivity index (χ1v) is 8.56. The number of hydrogen-bond acceptors (Lipinski definition) is 5. The highest BCUT2D eigenvalue weighted by Gasteiger charge is 2.39. The van der Waals surface area contributed by atoms with E-state index in [0.717, 1.165) is 38.4 Å². The summed E-state index contributed by atoms with van der Waals surface area (Å²) in [5, 5.41) is 11.3. The van der Waals surface area contributed by atoms with E-state index in [2.05, 4.69) is 20.4 Å². The molecule has 24 heavy (non-hydrogen) atoms. The minimum absolute atomic E-state index is 0.0960. The van der Waals surface area contributed by atoms with Crippen LogP contribution in [0.25, 0.3) is 0 Å². The first-order valence-electron chi connectivity index (χ1n) is 8.56. The van der Waals surface area contributed by atoms with Crippen LogP contribution in [0.3, 0.4) is 0 Å². The molecule has 0 aliphatic carbocycles. The number of rotatable bonds is 4. The standard InChI is InChI=1S/C17H23N5O2/c1-11(2)18-17(23)16-20-19-15-5-13-7-21(6-12-3-4-24-10-12)8-14(13)9-22(15)16/h3-4,10-11,13-14H,5-9H2,1-2H3,(H,18,23)/t13-,14-/m0/s1. The average molecular weight is 329 g/mol. The SMILES string of the molecule is CC(C)NC(=O)c1nnc2n1C[C@@H]1CN(Cc3ccoc3)C[C@@H]1C2. The Morgan fingerprint density at radius 3 is 2.92 bits per heavy atom. The Morgan fingerprint density at radius 2 is 2.17 bits per heavy atom. The number of carbonyl (C=O) groups is 1. The van der Waals surface area contributed by atoms with Crippen molar-refractivity contribution in [2.24, 2.45) is 11.8 Å². The molecule has 2 aliphatic rings. The summed E-state index contributed by atoms with van der Waals surface area (Å²) >= 11 is 0. The lowest BCUT2D eigenvalue weighted by molar-refractivity contribution is 0.0924. The molecule has 1 N–H and O–H groups in total. The third-order valence-corrected chi connectivity index (χ3v) is 4.95. The van der Waals surface area contributed by atoms with Gasteiger partial charge in [-0.3, -0.25) is 9.69 Å². The van der Waals surface area contributed by atoms with Crippen LogP contribution in [0.5, 0.6) is 0 Å². The summed E-state index contributed by atoms with van der Waals surface area (Å²) in [7, 11) is 0. The Kier molecular flexibility index (Phi) is 3.88. The van der Waals surface area contributed by atoms with Gasteiger partial charge in [-0.25, -0.2) is 0 Å². The van der Waals surface area contributed by atoms with Gasteiger partial charge in [0.05, 0.1) is 12.5 Å². The number of furan rings is 1. The summed E-state index contributed by atoms with van der Waals surface area (Å²) in [5.74, 6) is 2.40. The summed E-state index contributed by atoms with van der Waals surface area (Å²) in [6.07, 6.45) is 4.43. The van der Waals surface area contributed by atoms with E-state index in [9.17, 15) is 4.79 Å². The molecule has 0 spiro atoms. The molecule has 1 amide bonds. The van der Waals surface area contributed by atoms with Gasteiger partial charge in [0.15, 0.2) is 0 Å². The third kappa shape index (κ3) is 2.84. The molecule has 2 aromatic heterocycles. The highest BCUT2D eigenvalue weighted by Crippen LogP contribution is 2.33. The van der Waals surface area contributed by atoms with Crippen molar-refractivity contribution < 1.29 is 9.21 Å².